The average Bonchev–Trinajstić information content (AvgIpc) is 3.36. The molecule has 30 heavy (non-hydrogen) atoms. The minimum absolute atomic E-state index is 0.270. The van der Waals surface area contributed by atoms with Gasteiger partial charge in [-0.2, -0.15) is 5.26 Å². The van der Waals surface area contributed by atoms with Gasteiger partial charge in [0.1, 0.15) is 11.6 Å². The van der Waals surface area contributed by atoms with Crippen molar-refractivity contribution in [3.63, 3.8) is 0 Å². The minimum atomic E-state index is -0.681. The maximum atomic E-state index is 11.7. The quantitative estimate of drug-likeness (QED) is 0.590. The Balaban J connectivity index is 1.38. The summed E-state index contributed by atoms with van der Waals surface area (Å²) in [6.07, 6.45) is 1.15. The Morgan fingerprint density at radius 1 is 1.33 bits per heavy atom. The normalized spacial score (nSPS) is 13.6. The van der Waals surface area contributed by atoms with E-state index < -0.39 is 6.10 Å². The van der Waals surface area contributed by atoms with Crippen LogP contribution in [0.15, 0.2) is 36.5 Å². The molecule has 1 aliphatic heterocycles. The van der Waals surface area contributed by atoms with Gasteiger partial charge < -0.3 is 15.2 Å². The van der Waals surface area contributed by atoms with Crippen molar-refractivity contribution in [1.29, 1.82) is 5.26 Å². The summed E-state index contributed by atoms with van der Waals surface area (Å²) in [4.78, 5) is 17.2. The Kier molecular flexibility index (Phi) is 5.64. The number of aliphatic hydroxyl groups excluding tert-OH is 1. The van der Waals surface area contributed by atoms with Crippen molar-refractivity contribution in [2.24, 2.45) is 0 Å². The molecule has 0 saturated carbocycles. The van der Waals surface area contributed by atoms with Crippen LogP contribution >= 0.6 is 11.3 Å². The summed E-state index contributed by atoms with van der Waals surface area (Å²) >= 11 is 1.58. The lowest BCUT2D eigenvalue weighted by atomic mass is 9.95. The molecule has 2 N–H and O–H groups in total. The summed E-state index contributed by atoms with van der Waals surface area (Å²) in [5.74, 6) is -0.300. The predicted octanol–water partition coefficient (Wildman–Crippen LogP) is 3.79. The van der Waals surface area contributed by atoms with Crippen molar-refractivity contribution in [2.45, 2.75) is 33.1 Å². The Labute approximate surface area is 178 Å². The molecule has 0 spiro atoms. The van der Waals surface area contributed by atoms with Gasteiger partial charge >= 0.3 is 5.97 Å². The van der Waals surface area contributed by atoms with Crippen molar-refractivity contribution in [2.75, 3.05) is 6.54 Å². The molecule has 0 bridgehead atoms. The molecule has 4 rings (SSSR count). The molecule has 0 aliphatic carbocycles. The van der Waals surface area contributed by atoms with Gasteiger partial charge in [0.25, 0.3) is 0 Å². The first-order valence-electron chi connectivity index (χ1n) is 9.62. The summed E-state index contributed by atoms with van der Waals surface area (Å²) in [6, 6.07) is 11.4. The fourth-order valence-electron chi connectivity index (χ4n) is 3.62. The lowest BCUT2D eigenvalue weighted by molar-refractivity contribution is 0.0535. The SMILES string of the molecule is Cc1cc(-c2ncc(CNC[C@H](O)c3ccc4c(c3C)COC4=O)s2)ccc1C#N. The van der Waals surface area contributed by atoms with E-state index in [0.717, 1.165) is 37.7 Å². The van der Waals surface area contributed by atoms with Gasteiger partial charge in [-0.25, -0.2) is 9.78 Å². The molecule has 7 heteroatoms. The first-order valence-corrected chi connectivity index (χ1v) is 10.4. The number of aryl methyl sites for hydroxylation is 1. The topological polar surface area (TPSA) is 95.2 Å². The molecule has 1 aliphatic rings. The Hall–Kier alpha value is -3.05. The number of aromatic nitrogens is 1. The van der Waals surface area contributed by atoms with E-state index in [0.29, 0.717) is 24.2 Å². The molecule has 152 valence electrons. The van der Waals surface area contributed by atoms with E-state index >= 15 is 0 Å². The third-order valence-electron chi connectivity index (χ3n) is 5.35. The zero-order valence-electron chi connectivity index (χ0n) is 16.7. The fraction of sp³-hybridized carbons (Fsp3) is 0.261. The first kappa shape index (κ1) is 20.2. The highest BCUT2D eigenvalue weighted by atomic mass is 32.1. The molecule has 2 heterocycles. The lowest BCUT2D eigenvalue weighted by Crippen LogP contribution is -2.21. The van der Waals surface area contributed by atoms with Crippen LogP contribution in [-0.4, -0.2) is 22.6 Å². The highest BCUT2D eigenvalue weighted by Crippen LogP contribution is 2.29. The molecular weight excluding hydrogens is 398 g/mol. The summed E-state index contributed by atoms with van der Waals surface area (Å²) in [6.45, 7) is 5.08. The number of nitrogens with one attached hydrogen (secondary N) is 1. The number of hydrogen-bond donors (Lipinski definition) is 2. The van der Waals surface area contributed by atoms with Crippen LogP contribution in [0.25, 0.3) is 10.6 Å². The number of carbonyl (C=O) groups excluding carboxylic acids is 1. The summed E-state index contributed by atoms with van der Waals surface area (Å²) in [7, 11) is 0. The van der Waals surface area contributed by atoms with Crippen LogP contribution in [-0.2, 0) is 17.9 Å². The second-order valence-corrected chi connectivity index (χ2v) is 8.42. The number of rotatable bonds is 6. The molecule has 0 unspecified atom stereocenters. The number of thiazole rings is 1. The van der Waals surface area contributed by atoms with Crippen LogP contribution in [0.5, 0.6) is 0 Å². The third-order valence-corrected chi connectivity index (χ3v) is 6.40. The average molecular weight is 420 g/mol. The van der Waals surface area contributed by atoms with E-state index in [1.54, 1.807) is 23.5 Å². The number of esters is 1. The van der Waals surface area contributed by atoms with Gasteiger partial charge in [0, 0.05) is 35.3 Å². The molecule has 0 amide bonds. The number of fused-ring (bicyclic) bond motifs is 1. The highest BCUT2D eigenvalue weighted by molar-refractivity contribution is 7.15. The minimum Gasteiger partial charge on any atom is -0.457 e. The maximum Gasteiger partial charge on any atom is 0.338 e. The number of benzene rings is 2. The molecule has 0 radical (unpaired) electrons. The van der Waals surface area contributed by atoms with Crippen molar-refractivity contribution >= 4 is 17.3 Å². The van der Waals surface area contributed by atoms with E-state index in [-0.39, 0.29) is 12.6 Å². The van der Waals surface area contributed by atoms with Gasteiger partial charge in [0.2, 0.25) is 0 Å². The molecule has 0 saturated heterocycles. The van der Waals surface area contributed by atoms with E-state index in [4.69, 9.17) is 10.00 Å². The molecule has 0 fully saturated rings. The number of nitriles is 1. The van der Waals surface area contributed by atoms with Crippen molar-refractivity contribution in [3.05, 3.63) is 74.8 Å². The molecule has 1 atom stereocenters. The van der Waals surface area contributed by atoms with Gasteiger partial charge in [-0.15, -0.1) is 11.3 Å². The van der Waals surface area contributed by atoms with Crippen LogP contribution in [0.3, 0.4) is 0 Å². The van der Waals surface area contributed by atoms with Crippen LogP contribution in [0, 0.1) is 25.2 Å². The van der Waals surface area contributed by atoms with Crippen LogP contribution < -0.4 is 5.32 Å². The molecule has 2 aromatic carbocycles. The van der Waals surface area contributed by atoms with E-state index in [9.17, 15) is 9.90 Å². The molecule has 6 nitrogen and oxygen atoms in total. The van der Waals surface area contributed by atoms with Crippen LogP contribution in [0.2, 0.25) is 0 Å². The maximum absolute atomic E-state index is 11.7. The van der Waals surface area contributed by atoms with E-state index in [2.05, 4.69) is 16.4 Å². The van der Waals surface area contributed by atoms with E-state index in [1.807, 2.05) is 38.2 Å². The lowest BCUT2D eigenvalue weighted by Gasteiger charge is -2.16. The van der Waals surface area contributed by atoms with Gasteiger partial charge in [-0.05, 0) is 48.7 Å². The standard InChI is InChI=1S/C23H21N3O3S/c1-13-7-15(3-4-16(13)8-24)22-26-10-17(30-22)9-25-11-21(27)18-5-6-19-20(14(18)2)12-29-23(19)28/h3-7,10,21,25,27H,9,11-12H2,1-2H3/t21-/m0/s1. The monoisotopic (exact) mass is 419 g/mol. The van der Waals surface area contributed by atoms with Crippen molar-refractivity contribution in [3.8, 4) is 16.6 Å². The molecule has 1 aromatic heterocycles. The van der Waals surface area contributed by atoms with Crippen LogP contribution in [0.1, 0.15) is 49.2 Å². The van der Waals surface area contributed by atoms with Gasteiger partial charge in [-0.3, -0.25) is 0 Å². The number of carbonyl (C=O) groups is 1. The van der Waals surface area contributed by atoms with Crippen LogP contribution in [0.4, 0.5) is 0 Å². The Morgan fingerprint density at radius 3 is 2.93 bits per heavy atom. The summed E-state index contributed by atoms with van der Waals surface area (Å²) < 4.78 is 5.08. The number of hydrogen-bond acceptors (Lipinski definition) is 7. The number of ether oxygens (including phenoxy) is 1. The molecular formula is C23H21N3O3S. The smallest absolute Gasteiger partial charge is 0.338 e. The third kappa shape index (κ3) is 3.85. The Morgan fingerprint density at radius 2 is 2.17 bits per heavy atom. The van der Waals surface area contributed by atoms with Gasteiger partial charge in [0.05, 0.1) is 23.3 Å². The van der Waals surface area contributed by atoms with Gasteiger partial charge in [0.15, 0.2) is 0 Å². The zero-order valence-corrected chi connectivity index (χ0v) is 17.5. The number of aliphatic hydroxyl groups is 1. The zero-order chi connectivity index (χ0) is 21.3. The molecule has 3 aromatic rings. The second-order valence-electron chi connectivity index (χ2n) is 7.30. The summed E-state index contributed by atoms with van der Waals surface area (Å²) in [5, 5.41) is 23.9. The number of nitrogens with zero attached hydrogens (tertiary/aromatic N) is 2. The largest absolute Gasteiger partial charge is 0.457 e. The summed E-state index contributed by atoms with van der Waals surface area (Å²) in [5.41, 5.74) is 5.76. The van der Waals surface area contributed by atoms with Crippen molar-refractivity contribution in [1.82, 2.24) is 10.3 Å². The fourth-order valence-corrected chi connectivity index (χ4v) is 4.49. The number of cyclic esters (lactones) is 1. The highest BCUT2D eigenvalue weighted by Gasteiger charge is 2.25. The predicted molar refractivity (Wildman–Crippen MR) is 114 cm³/mol. The van der Waals surface area contributed by atoms with Crippen molar-refractivity contribution < 1.29 is 14.6 Å². The first-order chi connectivity index (χ1) is 14.5. The Bertz CT molecular complexity index is 1160. The van der Waals surface area contributed by atoms with E-state index in [1.165, 1.54) is 0 Å². The second kappa shape index (κ2) is 8.36. The van der Waals surface area contributed by atoms with Gasteiger partial charge in [-0.1, -0.05) is 12.1 Å².